The molecule has 1 saturated heterocycles. The van der Waals surface area contributed by atoms with E-state index in [1.165, 1.54) is 6.33 Å². The molecule has 3 rings (SSSR count). The predicted octanol–water partition coefficient (Wildman–Crippen LogP) is 0.811. The lowest BCUT2D eigenvalue weighted by Crippen LogP contribution is -2.21. The van der Waals surface area contributed by atoms with Gasteiger partial charge in [0.25, 0.3) is 0 Å². The van der Waals surface area contributed by atoms with E-state index in [0.29, 0.717) is 17.9 Å². The van der Waals surface area contributed by atoms with E-state index in [4.69, 9.17) is 5.73 Å². The Labute approximate surface area is 111 Å². The lowest BCUT2D eigenvalue weighted by Gasteiger charge is -2.13. The van der Waals surface area contributed by atoms with E-state index >= 15 is 0 Å². The number of hydrogen-bond donors (Lipinski definition) is 2. The third kappa shape index (κ3) is 2.46. The minimum absolute atomic E-state index is 0.0930. The van der Waals surface area contributed by atoms with E-state index in [1.807, 2.05) is 6.07 Å². The summed E-state index contributed by atoms with van der Waals surface area (Å²) in [6.45, 7) is 0. The average Bonchev–Trinajstić information content (AvgIpc) is 2.69. The summed E-state index contributed by atoms with van der Waals surface area (Å²) in [5, 5.41) is 3.99. The van der Waals surface area contributed by atoms with Crippen molar-refractivity contribution in [2.24, 2.45) is 0 Å². The smallest absolute Gasteiger partial charge is 0.152 e. The molecule has 1 unspecified atom stereocenters. The molecule has 3 N–H and O–H groups in total. The second-order valence-corrected chi connectivity index (χ2v) is 6.97. The molecule has 19 heavy (non-hydrogen) atoms. The first-order valence-corrected chi connectivity index (χ1v) is 7.83. The molecule has 2 aromatic rings. The van der Waals surface area contributed by atoms with Crippen LogP contribution in [0.5, 0.6) is 0 Å². The molecule has 1 aromatic heterocycles. The van der Waals surface area contributed by atoms with Gasteiger partial charge in [0.2, 0.25) is 0 Å². The maximum Gasteiger partial charge on any atom is 0.152 e. The molecular formula is C12H14N4O2S. The van der Waals surface area contributed by atoms with Crippen molar-refractivity contribution in [2.45, 2.75) is 12.5 Å². The molecule has 0 aliphatic carbocycles. The number of nitrogens with one attached hydrogen (secondary N) is 1. The molecule has 7 heteroatoms. The van der Waals surface area contributed by atoms with Crippen LogP contribution in [-0.2, 0) is 9.84 Å². The minimum Gasteiger partial charge on any atom is -0.399 e. The van der Waals surface area contributed by atoms with Crippen LogP contribution >= 0.6 is 0 Å². The van der Waals surface area contributed by atoms with Gasteiger partial charge in [-0.15, -0.1) is 0 Å². The number of aromatic nitrogens is 2. The fourth-order valence-corrected chi connectivity index (χ4v) is 3.96. The van der Waals surface area contributed by atoms with Crippen LogP contribution in [0.1, 0.15) is 6.42 Å². The lowest BCUT2D eigenvalue weighted by molar-refractivity contribution is 0.602. The van der Waals surface area contributed by atoms with Gasteiger partial charge in [-0.2, -0.15) is 0 Å². The molecule has 1 fully saturated rings. The zero-order valence-corrected chi connectivity index (χ0v) is 11.0. The Morgan fingerprint density at radius 2 is 2.16 bits per heavy atom. The SMILES string of the molecule is Nc1ccc2ncnc(NC3CCS(=O)(=O)C3)c2c1. The first kappa shape index (κ1) is 12.2. The number of hydrogen-bond acceptors (Lipinski definition) is 6. The first-order chi connectivity index (χ1) is 9.03. The van der Waals surface area contributed by atoms with Gasteiger partial charge in [0, 0.05) is 17.1 Å². The summed E-state index contributed by atoms with van der Waals surface area (Å²) in [6.07, 6.45) is 2.07. The maximum absolute atomic E-state index is 11.5. The van der Waals surface area contributed by atoms with E-state index in [-0.39, 0.29) is 17.5 Å². The Kier molecular flexibility index (Phi) is 2.78. The van der Waals surface area contributed by atoms with Crippen LogP contribution in [0.25, 0.3) is 10.9 Å². The number of fused-ring (bicyclic) bond motifs is 1. The summed E-state index contributed by atoms with van der Waals surface area (Å²) in [6, 6.07) is 5.30. The highest BCUT2D eigenvalue weighted by Gasteiger charge is 2.28. The van der Waals surface area contributed by atoms with Gasteiger partial charge < -0.3 is 11.1 Å². The number of nitrogens with zero attached hydrogens (tertiary/aromatic N) is 2. The molecule has 0 amide bonds. The van der Waals surface area contributed by atoms with Crippen LogP contribution in [0.3, 0.4) is 0 Å². The monoisotopic (exact) mass is 278 g/mol. The molecule has 0 saturated carbocycles. The molecule has 6 nitrogen and oxygen atoms in total. The van der Waals surface area contributed by atoms with Crippen LogP contribution in [0.15, 0.2) is 24.5 Å². The van der Waals surface area contributed by atoms with Gasteiger partial charge in [0.15, 0.2) is 9.84 Å². The molecule has 1 aromatic carbocycles. The van der Waals surface area contributed by atoms with Gasteiger partial charge >= 0.3 is 0 Å². The Balaban J connectivity index is 1.95. The number of nitrogen functional groups attached to an aromatic ring is 1. The minimum atomic E-state index is -2.91. The first-order valence-electron chi connectivity index (χ1n) is 6.01. The summed E-state index contributed by atoms with van der Waals surface area (Å²) < 4.78 is 22.9. The third-order valence-electron chi connectivity index (χ3n) is 3.23. The van der Waals surface area contributed by atoms with Gasteiger partial charge in [-0.1, -0.05) is 0 Å². The summed E-state index contributed by atoms with van der Waals surface area (Å²) >= 11 is 0. The quantitative estimate of drug-likeness (QED) is 0.789. The molecule has 1 aliphatic heterocycles. The highest BCUT2D eigenvalue weighted by molar-refractivity contribution is 7.91. The lowest BCUT2D eigenvalue weighted by atomic mass is 10.2. The molecular weight excluding hydrogens is 264 g/mol. The third-order valence-corrected chi connectivity index (χ3v) is 5.00. The molecule has 1 aliphatic rings. The summed E-state index contributed by atoms with van der Waals surface area (Å²) in [5.74, 6) is 1.02. The van der Waals surface area contributed by atoms with Crippen molar-refractivity contribution < 1.29 is 8.42 Å². The highest BCUT2D eigenvalue weighted by Crippen LogP contribution is 2.24. The number of sulfone groups is 1. The van der Waals surface area contributed by atoms with Crippen molar-refractivity contribution in [1.82, 2.24) is 9.97 Å². The van der Waals surface area contributed by atoms with Crippen molar-refractivity contribution in [3.05, 3.63) is 24.5 Å². The van der Waals surface area contributed by atoms with Gasteiger partial charge in [0.1, 0.15) is 12.1 Å². The summed E-state index contributed by atoms with van der Waals surface area (Å²) in [5.41, 5.74) is 7.18. The summed E-state index contributed by atoms with van der Waals surface area (Å²) in [7, 11) is -2.91. The van der Waals surface area contributed by atoms with Crippen LogP contribution in [0, 0.1) is 0 Å². The van der Waals surface area contributed by atoms with Crippen molar-refractivity contribution in [1.29, 1.82) is 0 Å². The normalized spacial score (nSPS) is 21.6. The van der Waals surface area contributed by atoms with Gasteiger partial charge in [-0.25, -0.2) is 18.4 Å². The van der Waals surface area contributed by atoms with E-state index in [2.05, 4.69) is 15.3 Å². The number of nitrogens with two attached hydrogens (primary N) is 1. The Hall–Kier alpha value is -1.89. The van der Waals surface area contributed by atoms with Gasteiger partial charge in [-0.05, 0) is 24.6 Å². The maximum atomic E-state index is 11.5. The zero-order valence-electron chi connectivity index (χ0n) is 10.2. The fourth-order valence-electron chi connectivity index (χ4n) is 2.29. The number of rotatable bonds is 2. The van der Waals surface area contributed by atoms with Gasteiger partial charge in [-0.3, -0.25) is 0 Å². The van der Waals surface area contributed by atoms with Crippen molar-refractivity contribution in [3.8, 4) is 0 Å². The zero-order chi connectivity index (χ0) is 13.5. The summed E-state index contributed by atoms with van der Waals surface area (Å²) in [4.78, 5) is 8.35. The Bertz CT molecular complexity index is 730. The highest BCUT2D eigenvalue weighted by atomic mass is 32.2. The Morgan fingerprint density at radius 1 is 1.32 bits per heavy atom. The van der Waals surface area contributed by atoms with E-state index < -0.39 is 9.84 Å². The second-order valence-electron chi connectivity index (χ2n) is 4.74. The van der Waals surface area contributed by atoms with Crippen LogP contribution in [0.4, 0.5) is 11.5 Å². The standard InChI is InChI=1S/C12H14N4O2S/c13-8-1-2-11-10(5-8)12(15-7-14-11)16-9-3-4-19(17,18)6-9/h1-2,5,7,9H,3-4,6,13H2,(H,14,15,16). The number of benzene rings is 1. The molecule has 1 atom stereocenters. The molecule has 0 spiro atoms. The topological polar surface area (TPSA) is 98.0 Å². The van der Waals surface area contributed by atoms with Gasteiger partial charge in [0.05, 0.1) is 17.0 Å². The molecule has 100 valence electrons. The molecule has 0 radical (unpaired) electrons. The van der Waals surface area contributed by atoms with Crippen LogP contribution in [0.2, 0.25) is 0 Å². The average molecular weight is 278 g/mol. The van der Waals surface area contributed by atoms with E-state index in [9.17, 15) is 8.42 Å². The van der Waals surface area contributed by atoms with Crippen LogP contribution < -0.4 is 11.1 Å². The second kappa shape index (κ2) is 4.34. The van der Waals surface area contributed by atoms with Crippen molar-refractivity contribution in [3.63, 3.8) is 0 Å². The van der Waals surface area contributed by atoms with Crippen molar-refractivity contribution >= 4 is 32.2 Å². The van der Waals surface area contributed by atoms with Crippen LogP contribution in [-0.4, -0.2) is 35.9 Å². The predicted molar refractivity (Wildman–Crippen MR) is 74.6 cm³/mol. The fraction of sp³-hybridized carbons (Fsp3) is 0.333. The molecule has 2 heterocycles. The van der Waals surface area contributed by atoms with E-state index in [1.54, 1.807) is 12.1 Å². The van der Waals surface area contributed by atoms with E-state index in [0.717, 1.165) is 10.9 Å². The number of anilines is 2. The van der Waals surface area contributed by atoms with Crippen molar-refractivity contribution in [2.75, 3.05) is 22.6 Å². The molecule has 0 bridgehead atoms. The largest absolute Gasteiger partial charge is 0.399 e. The Morgan fingerprint density at radius 3 is 2.89 bits per heavy atom.